The van der Waals surface area contributed by atoms with Gasteiger partial charge >= 0.3 is 6.18 Å². The fraction of sp³-hybridized carbons (Fsp3) is 0.174. The molecule has 0 saturated heterocycles. The molecular weight excluding hydrogens is 393 g/mol. The molecule has 3 aromatic rings. The zero-order chi connectivity index (χ0) is 21.7. The van der Waals surface area contributed by atoms with Gasteiger partial charge in [0.2, 0.25) is 0 Å². The van der Waals surface area contributed by atoms with Crippen LogP contribution < -0.4 is 15.0 Å². The second-order valence-corrected chi connectivity index (χ2v) is 6.82. The number of ether oxygens (including phenoxy) is 1. The van der Waals surface area contributed by atoms with Crippen LogP contribution >= 0.6 is 0 Å². The maximum Gasteiger partial charge on any atom is 0.418 e. The molecule has 3 aromatic carbocycles. The standard InChI is InChI=1S/C23H21F3N2O2/c1-28(2)17-12-13-20(19(14-17)23(24,25)26)27-22(29)15-30-21-11-7-6-10-18(21)16-8-4-3-5-9-16/h3-14H,15H2,1-2H3,(H,27,29). The highest BCUT2D eigenvalue weighted by Crippen LogP contribution is 2.37. The molecule has 30 heavy (non-hydrogen) atoms. The van der Waals surface area contributed by atoms with Gasteiger partial charge in [0.15, 0.2) is 6.61 Å². The summed E-state index contributed by atoms with van der Waals surface area (Å²) in [6.07, 6.45) is -4.60. The van der Waals surface area contributed by atoms with E-state index in [1.54, 1.807) is 31.1 Å². The summed E-state index contributed by atoms with van der Waals surface area (Å²) in [6.45, 7) is -0.420. The predicted molar refractivity (Wildman–Crippen MR) is 112 cm³/mol. The number of halogens is 3. The van der Waals surface area contributed by atoms with Gasteiger partial charge in [-0.3, -0.25) is 4.79 Å². The summed E-state index contributed by atoms with van der Waals surface area (Å²) in [4.78, 5) is 13.9. The van der Waals surface area contributed by atoms with Gasteiger partial charge in [-0.05, 0) is 29.8 Å². The molecule has 3 rings (SSSR count). The van der Waals surface area contributed by atoms with Crippen LogP contribution in [0.25, 0.3) is 11.1 Å². The number of alkyl halides is 3. The van der Waals surface area contributed by atoms with Crippen molar-refractivity contribution >= 4 is 17.3 Å². The molecule has 1 N–H and O–H groups in total. The van der Waals surface area contributed by atoms with Crippen molar-refractivity contribution in [3.63, 3.8) is 0 Å². The fourth-order valence-electron chi connectivity index (χ4n) is 2.93. The lowest BCUT2D eigenvalue weighted by atomic mass is 10.1. The Morgan fingerprint density at radius 3 is 2.30 bits per heavy atom. The molecule has 0 bridgehead atoms. The van der Waals surface area contributed by atoms with Crippen molar-refractivity contribution in [1.82, 2.24) is 0 Å². The number of para-hydroxylation sites is 1. The summed E-state index contributed by atoms with van der Waals surface area (Å²) >= 11 is 0. The van der Waals surface area contributed by atoms with Crippen molar-refractivity contribution in [2.45, 2.75) is 6.18 Å². The molecule has 0 aliphatic rings. The number of hydrogen-bond donors (Lipinski definition) is 1. The van der Waals surface area contributed by atoms with E-state index in [4.69, 9.17) is 4.74 Å². The number of benzene rings is 3. The SMILES string of the molecule is CN(C)c1ccc(NC(=O)COc2ccccc2-c2ccccc2)c(C(F)(F)F)c1. The molecule has 0 spiro atoms. The first-order chi connectivity index (χ1) is 14.3. The topological polar surface area (TPSA) is 41.6 Å². The predicted octanol–water partition coefficient (Wildman–Crippen LogP) is 5.46. The van der Waals surface area contributed by atoms with Crippen molar-refractivity contribution in [1.29, 1.82) is 0 Å². The van der Waals surface area contributed by atoms with Crippen LogP contribution in [0, 0.1) is 0 Å². The van der Waals surface area contributed by atoms with E-state index in [1.807, 2.05) is 42.5 Å². The molecule has 4 nitrogen and oxygen atoms in total. The summed E-state index contributed by atoms with van der Waals surface area (Å²) in [5.41, 5.74) is 0.863. The molecule has 0 fully saturated rings. The maximum atomic E-state index is 13.4. The van der Waals surface area contributed by atoms with Crippen molar-refractivity contribution < 1.29 is 22.7 Å². The molecule has 0 unspecified atom stereocenters. The van der Waals surface area contributed by atoms with Crippen LogP contribution in [0.1, 0.15) is 5.56 Å². The van der Waals surface area contributed by atoms with E-state index in [9.17, 15) is 18.0 Å². The Hall–Kier alpha value is -3.48. The third-order valence-corrected chi connectivity index (χ3v) is 4.43. The lowest BCUT2D eigenvalue weighted by Gasteiger charge is -2.19. The zero-order valence-electron chi connectivity index (χ0n) is 16.5. The third-order valence-electron chi connectivity index (χ3n) is 4.43. The lowest BCUT2D eigenvalue weighted by Crippen LogP contribution is -2.23. The normalized spacial score (nSPS) is 11.1. The van der Waals surface area contributed by atoms with Gasteiger partial charge in [-0.1, -0.05) is 48.5 Å². The minimum Gasteiger partial charge on any atom is -0.483 e. The van der Waals surface area contributed by atoms with E-state index in [1.165, 1.54) is 12.1 Å². The van der Waals surface area contributed by atoms with E-state index in [2.05, 4.69) is 5.32 Å². The highest BCUT2D eigenvalue weighted by atomic mass is 19.4. The summed E-state index contributed by atoms with van der Waals surface area (Å²) in [7, 11) is 3.29. The number of nitrogens with one attached hydrogen (secondary N) is 1. The molecule has 0 aliphatic heterocycles. The van der Waals surface area contributed by atoms with Gasteiger partial charge in [0, 0.05) is 25.3 Å². The molecule has 0 radical (unpaired) electrons. The molecule has 156 valence electrons. The average Bonchev–Trinajstić information content (AvgIpc) is 2.72. The average molecular weight is 414 g/mol. The van der Waals surface area contributed by atoms with Crippen LogP contribution in [-0.2, 0) is 11.0 Å². The first-order valence-corrected chi connectivity index (χ1v) is 9.21. The molecule has 1 amide bonds. The fourth-order valence-corrected chi connectivity index (χ4v) is 2.93. The summed E-state index contributed by atoms with van der Waals surface area (Å²) in [5.74, 6) is -0.209. The zero-order valence-corrected chi connectivity index (χ0v) is 16.5. The largest absolute Gasteiger partial charge is 0.483 e. The highest BCUT2D eigenvalue weighted by molar-refractivity contribution is 5.93. The molecule has 0 aliphatic carbocycles. The first kappa shape index (κ1) is 21.2. The Morgan fingerprint density at radius 1 is 0.967 bits per heavy atom. The summed E-state index contributed by atoms with van der Waals surface area (Å²) in [5, 5.41) is 2.31. The van der Waals surface area contributed by atoms with Gasteiger partial charge in [0.25, 0.3) is 5.91 Å². The Kier molecular flexibility index (Phi) is 6.30. The van der Waals surface area contributed by atoms with Crippen LogP contribution in [0.4, 0.5) is 24.5 Å². The van der Waals surface area contributed by atoms with Gasteiger partial charge in [0.05, 0.1) is 11.3 Å². The smallest absolute Gasteiger partial charge is 0.418 e. The first-order valence-electron chi connectivity index (χ1n) is 9.21. The van der Waals surface area contributed by atoms with Crippen LogP contribution in [-0.4, -0.2) is 26.6 Å². The van der Waals surface area contributed by atoms with E-state index in [-0.39, 0.29) is 5.69 Å². The van der Waals surface area contributed by atoms with Crippen molar-refractivity contribution in [2.75, 3.05) is 30.9 Å². The molecule has 0 saturated carbocycles. The molecule has 0 aromatic heterocycles. The molecule has 0 heterocycles. The Bertz CT molecular complexity index is 1020. The van der Waals surface area contributed by atoms with E-state index < -0.39 is 24.3 Å². The van der Waals surface area contributed by atoms with Crippen molar-refractivity contribution in [3.8, 4) is 16.9 Å². The molecule has 0 atom stereocenters. The monoisotopic (exact) mass is 414 g/mol. The van der Waals surface area contributed by atoms with E-state index >= 15 is 0 Å². The lowest BCUT2D eigenvalue weighted by molar-refractivity contribution is -0.137. The minimum absolute atomic E-state index is 0.307. The van der Waals surface area contributed by atoms with Crippen molar-refractivity contribution in [3.05, 3.63) is 78.4 Å². The van der Waals surface area contributed by atoms with Gasteiger partial charge < -0.3 is 15.0 Å². The number of hydrogen-bond acceptors (Lipinski definition) is 3. The number of rotatable bonds is 6. The van der Waals surface area contributed by atoms with Crippen LogP contribution in [0.5, 0.6) is 5.75 Å². The van der Waals surface area contributed by atoms with Crippen LogP contribution in [0.3, 0.4) is 0 Å². The summed E-state index contributed by atoms with van der Waals surface area (Å²) in [6, 6.07) is 20.4. The van der Waals surface area contributed by atoms with Crippen molar-refractivity contribution in [2.24, 2.45) is 0 Å². The van der Waals surface area contributed by atoms with Gasteiger partial charge in [0.1, 0.15) is 5.75 Å². The molecule has 7 heteroatoms. The van der Waals surface area contributed by atoms with Crippen LogP contribution in [0.15, 0.2) is 72.8 Å². The maximum absolute atomic E-state index is 13.4. The second-order valence-electron chi connectivity index (χ2n) is 6.82. The van der Waals surface area contributed by atoms with Gasteiger partial charge in [-0.25, -0.2) is 0 Å². The minimum atomic E-state index is -4.60. The van der Waals surface area contributed by atoms with Gasteiger partial charge in [-0.15, -0.1) is 0 Å². The number of nitrogens with zero attached hydrogens (tertiary/aromatic N) is 1. The van der Waals surface area contributed by atoms with E-state index in [0.717, 1.165) is 17.2 Å². The third kappa shape index (κ3) is 5.11. The number of anilines is 2. The van der Waals surface area contributed by atoms with Crippen LogP contribution in [0.2, 0.25) is 0 Å². The quantitative estimate of drug-likeness (QED) is 0.583. The van der Waals surface area contributed by atoms with E-state index in [0.29, 0.717) is 11.4 Å². The summed E-state index contributed by atoms with van der Waals surface area (Å²) < 4.78 is 45.9. The number of carbonyl (C=O) groups is 1. The Balaban J connectivity index is 1.75. The second kappa shape index (κ2) is 8.90. The number of amides is 1. The highest BCUT2D eigenvalue weighted by Gasteiger charge is 2.34. The molecular formula is C23H21F3N2O2. The Labute approximate surface area is 172 Å². The number of carbonyl (C=O) groups excluding carboxylic acids is 1. The van der Waals surface area contributed by atoms with Gasteiger partial charge in [-0.2, -0.15) is 13.2 Å². The Morgan fingerprint density at radius 2 is 1.63 bits per heavy atom.